The second kappa shape index (κ2) is 10.7. The molecule has 2 N–H and O–H groups in total. The van der Waals surface area contributed by atoms with E-state index in [2.05, 4.69) is 10.6 Å². The lowest BCUT2D eigenvalue weighted by Crippen LogP contribution is -2.34. The Morgan fingerprint density at radius 3 is 2.52 bits per heavy atom. The molecule has 0 bridgehead atoms. The minimum Gasteiger partial charge on any atom is -0.493 e. The molecular weight excluding hydrogens is 396 g/mol. The van der Waals surface area contributed by atoms with Crippen LogP contribution >= 0.6 is 0 Å². The van der Waals surface area contributed by atoms with E-state index in [4.69, 9.17) is 13.9 Å². The van der Waals surface area contributed by atoms with Gasteiger partial charge in [-0.1, -0.05) is 24.3 Å². The van der Waals surface area contributed by atoms with E-state index in [0.29, 0.717) is 29.4 Å². The Kier molecular flexibility index (Phi) is 7.48. The highest BCUT2D eigenvalue weighted by atomic mass is 16.5. The summed E-state index contributed by atoms with van der Waals surface area (Å²) in [5.41, 5.74) is 1.33. The van der Waals surface area contributed by atoms with Crippen molar-refractivity contribution in [2.24, 2.45) is 0 Å². The number of carbonyl (C=O) groups excluding carboxylic acids is 2. The molecular formula is C24H24N2O5. The molecule has 1 heterocycles. The first-order valence-corrected chi connectivity index (χ1v) is 9.80. The molecule has 7 nitrogen and oxygen atoms in total. The summed E-state index contributed by atoms with van der Waals surface area (Å²) in [6.07, 6.45) is 2.97. The molecule has 0 fully saturated rings. The van der Waals surface area contributed by atoms with Gasteiger partial charge in [0.15, 0.2) is 11.5 Å². The van der Waals surface area contributed by atoms with Crippen molar-refractivity contribution in [2.75, 3.05) is 13.7 Å². The molecule has 3 rings (SSSR count). The summed E-state index contributed by atoms with van der Waals surface area (Å²) in [5.74, 6) is 0.817. The maximum Gasteiger partial charge on any atom is 0.268 e. The third-order valence-electron chi connectivity index (χ3n) is 4.34. The second-order valence-electron chi connectivity index (χ2n) is 6.49. The van der Waals surface area contributed by atoms with Crippen molar-refractivity contribution in [3.05, 3.63) is 89.5 Å². The summed E-state index contributed by atoms with van der Waals surface area (Å²) in [4.78, 5) is 25.4. The first-order valence-electron chi connectivity index (χ1n) is 9.80. The highest BCUT2D eigenvalue weighted by Gasteiger charge is 2.15. The van der Waals surface area contributed by atoms with Gasteiger partial charge in [-0.2, -0.15) is 0 Å². The number of furan rings is 1. The topological polar surface area (TPSA) is 89.8 Å². The highest BCUT2D eigenvalue weighted by Crippen LogP contribution is 2.28. The molecule has 0 unspecified atom stereocenters. The van der Waals surface area contributed by atoms with Crippen molar-refractivity contribution >= 4 is 17.9 Å². The Labute approximate surface area is 180 Å². The molecule has 0 saturated carbocycles. The first kappa shape index (κ1) is 21.7. The fourth-order valence-electron chi connectivity index (χ4n) is 2.83. The molecule has 2 aromatic carbocycles. The number of nitrogens with one attached hydrogen (secondary N) is 2. The summed E-state index contributed by atoms with van der Waals surface area (Å²) in [7, 11) is 1.56. The first-order chi connectivity index (χ1) is 15.1. The van der Waals surface area contributed by atoms with Gasteiger partial charge < -0.3 is 24.5 Å². The van der Waals surface area contributed by atoms with Crippen LogP contribution in [0.3, 0.4) is 0 Å². The lowest BCUT2D eigenvalue weighted by atomic mass is 10.2. The van der Waals surface area contributed by atoms with E-state index < -0.39 is 11.8 Å². The quantitative estimate of drug-likeness (QED) is 0.514. The van der Waals surface area contributed by atoms with Crippen LogP contribution in [0.15, 0.2) is 77.0 Å². The van der Waals surface area contributed by atoms with E-state index in [1.807, 2.05) is 19.1 Å². The largest absolute Gasteiger partial charge is 0.493 e. The van der Waals surface area contributed by atoms with Crippen molar-refractivity contribution in [3.63, 3.8) is 0 Å². The van der Waals surface area contributed by atoms with E-state index in [9.17, 15) is 9.59 Å². The molecule has 1 aromatic heterocycles. The molecule has 3 aromatic rings. The van der Waals surface area contributed by atoms with Gasteiger partial charge in [-0.15, -0.1) is 0 Å². The number of hydrogen-bond acceptors (Lipinski definition) is 5. The predicted molar refractivity (Wildman–Crippen MR) is 117 cm³/mol. The van der Waals surface area contributed by atoms with E-state index in [-0.39, 0.29) is 12.2 Å². The van der Waals surface area contributed by atoms with Crippen molar-refractivity contribution in [3.8, 4) is 11.5 Å². The van der Waals surface area contributed by atoms with E-state index in [1.165, 1.54) is 12.3 Å². The van der Waals surface area contributed by atoms with Crippen LogP contribution in [0.4, 0.5) is 0 Å². The van der Waals surface area contributed by atoms with Crippen molar-refractivity contribution in [1.82, 2.24) is 10.6 Å². The molecule has 0 radical (unpaired) electrons. The molecule has 0 atom stereocenters. The summed E-state index contributed by atoms with van der Waals surface area (Å²) < 4.78 is 16.2. The SMILES string of the molecule is CCOc1ccc(CNC(=O)/C(=C/c2ccco2)NC(=O)c2ccccc2)cc1OC. The van der Waals surface area contributed by atoms with Gasteiger partial charge >= 0.3 is 0 Å². The van der Waals surface area contributed by atoms with E-state index in [1.54, 1.807) is 55.6 Å². The number of benzene rings is 2. The zero-order chi connectivity index (χ0) is 22.1. The van der Waals surface area contributed by atoms with Gasteiger partial charge in [-0.3, -0.25) is 9.59 Å². The Morgan fingerprint density at radius 2 is 1.84 bits per heavy atom. The van der Waals surface area contributed by atoms with Crippen molar-refractivity contribution < 1.29 is 23.5 Å². The maximum absolute atomic E-state index is 12.8. The number of methoxy groups -OCH3 is 1. The molecule has 0 aliphatic rings. The summed E-state index contributed by atoms with van der Waals surface area (Å²) in [6, 6.07) is 17.5. The normalized spacial score (nSPS) is 11.0. The Balaban J connectivity index is 1.74. The standard InChI is InChI=1S/C24H24N2O5/c1-3-30-21-12-11-17(14-22(21)29-2)16-25-24(28)20(15-19-10-7-13-31-19)26-23(27)18-8-5-4-6-9-18/h4-15H,3,16H2,1-2H3,(H,25,28)(H,26,27)/b20-15-. The van der Waals surface area contributed by atoms with Gasteiger partial charge in [0.05, 0.1) is 20.0 Å². The summed E-state index contributed by atoms with van der Waals surface area (Å²) in [6.45, 7) is 2.65. The fraction of sp³-hybridized carbons (Fsp3) is 0.167. The third-order valence-corrected chi connectivity index (χ3v) is 4.34. The van der Waals surface area contributed by atoms with Crippen LogP contribution < -0.4 is 20.1 Å². The monoisotopic (exact) mass is 420 g/mol. The molecule has 0 aliphatic carbocycles. The van der Waals surface area contributed by atoms with Gasteiger partial charge in [-0.25, -0.2) is 0 Å². The third kappa shape index (κ3) is 5.99. The van der Waals surface area contributed by atoms with Gasteiger partial charge in [-0.05, 0) is 48.9 Å². The van der Waals surface area contributed by atoms with Crippen LogP contribution in [-0.2, 0) is 11.3 Å². The zero-order valence-corrected chi connectivity index (χ0v) is 17.4. The molecule has 2 amide bonds. The van der Waals surface area contributed by atoms with Crippen molar-refractivity contribution in [1.29, 1.82) is 0 Å². The average Bonchev–Trinajstić information content (AvgIpc) is 3.31. The van der Waals surface area contributed by atoms with Crippen LogP contribution in [0.5, 0.6) is 11.5 Å². The van der Waals surface area contributed by atoms with E-state index >= 15 is 0 Å². The number of carbonyl (C=O) groups is 2. The molecule has 0 aliphatic heterocycles. The summed E-state index contributed by atoms with van der Waals surface area (Å²) >= 11 is 0. The van der Waals surface area contributed by atoms with Gasteiger partial charge in [0, 0.05) is 18.2 Å². The van der Waals surface area contributed by atoms with Crippen LogP contribution in [0.2, 0.25) is 0 Å². The van der Waals surface area contributed by atoms with Gasteiger partial charge in [0.2, 0.25) is 0 Å². The summed E-state index contributed by atoms with van der Waals surface area (Å²) in [5, 5.41) is 5.47. The average molecular weight is 420 g/mol. The van der Waals surface area contributed by atoms with Gasteiger partial charge in [0.1, 0.15) is 11.5 Å². The lowest BCUT2D eigenvalue weighted by Gasteiger charge is -2.13. The molecule has 7 heteroatoms. The Morgan fingerprint density at radius 1 is 1.03 bits per heavy atom. The fourth-order valence-corrected chi connectivity index (χ4v) is 2.83. The maximum atomic E-state index is 12.8. The minimum atomic E-state index is -0.450. The van der Waals surface area contributed by atoms with Crippen LogP contribution in [-0.4, -0.2) is 25.5 Å². The van der Waals surface area contributed by atoms with E-state index in [0.717, 1.165) is 5.56 Å². The number of ether oxygens (including phenoxy) is 2. The van der Waals surface area contributed by atoms with Crippen LogP contribution in [0, 0.1) is 0 Å². The zero-order valence-electron chi connectivity index (χ0n) is 17.4. The Hall–Kier alpha value is -4.00. The molecule has 160 valence electrons. The van der Waals surface area contributed by atoms with Gasteiger partial charge in [0.25, 0.3) is 11.8 Å². The van der Waals surface area contributed by atoms with Crippen LogP contribution in [0.25, 0.3) is 6.08 Å². The predicted octanol–water partition coefficient (Wildman–Crippen LogP) is 3.77. The van der Waals surface area contributed by atoms with Crippen molar-refractivity contribution in [2.45, 2.75) is 13.5 Å². The minimum absolute atomic E-state index is 0.0710. The Bertz CT molecular complexity index is 1040. The smallest absolute Gasteiger partial charge is 0.268 e. The number of rotatable bonds is 9. The molecule has 0 saturated heterocycles. The molecule has 0 spiro atoms. The highest BCUT2D eigenvalue weighted by molar-refractivity contribution is 6.05. The lowest BCUT2D eigenvalue weighted by molar-refractivity contribution is -0.117. The van der Waals surface area contributed by atoms with Crippen LogP contribution in [0.1, 0.15) is 28.6 Å². The second-order valence-corrected chi connectivity index (χ2v) is 6.49. The number of hydrogen-bond donors (Lipinski definition) is 2. The number of amides is 2. The molecule has 31 heavy (non-hydrogen) atoms.